The molecule has 238 valence electrons. The second-order valence-corrected chi connectivity index (χ2v) is 17.2. The van der Waals surface area contributed by atoms with Crippen LogP contribution in [0, 0.1) is 0 Å². The number of hydrogen-bond acceptors (Lipinski definition) is 9. The van der Waals surface area contributed by atoms with Crippen molar-refractivity contribution in [3.05, 3.63) is 121 Å². The molecule has 0 aliphatic carbocycles. The molecule has 50 heavy (non-hydrogen) atoms. The fourth-order valence-electron chi connectivity index (χ4n) is 6.77. The molecule has 8 nitrogen and oxygen atoms in total. The van der Waals surface area contributed by atoms with E-state index in [1.54, 1.807) is 0 Å². The summed E-state index contributed by atoms with van der Waals surface area (Å²) in [6.45, 7) is 0. The Morgan fingerprint density at radius 1 is 0.460 bits per heavy atom. The van der Waals surface area contributed by atoms with Gasteiger partial charge in [0.2, 0.25) is 0 Å². The average Bonchev–Trinajstić information content (AvgIpc) is 4.00. The number of aromatic nitrogens is 2. The Balaban J connectivity index is 1.04. The van der Waals surface area contributed by atoms with Gasteiger partial charge in [-0.15, -0.1) is 0 Å². The van der Waals surface area contributed by atoms with Gasteiger partial charge in [0.25, 0.3) is 0 Å². The third-order valence-electron chi connectivity index (χ3n) is 8.91. The van der Waals surface area contributed by atoms with Gasteiger partial charge in [-0.3, -0.25) is 0 Å². The first-order valence-corrected chi connectivity index (χ1v) is 20.6. The van der Waals surface area contributed by atoms with Crippen molar-refractivity contribution in [3.63, 3.8) is 0 Å². The number of para-hydroxylation sites is 8. The summed E-state index contributed by atoms with van der Waals surface area (Å²) in [4.78, 5) is 4.67. The Morgan fingerprint density at radius 3 is 1.24 bits per heavy atom. The number of benzene rings is 5. The van der Waals surface area contributed by atoms with Crippen LogP contribution in [0.2, 0.25) is 0 Å². The molecule has 5 aromatic carbocycles. The van der Waals surface area contributed by atoms with Crippen LogP contribution in [-0.2, 0) is 11.4 Å². The molecule has 0 spiro atoms. The first-order valence-electron chi connectivity index (χ1n) is 15.7. The predicted octanol–water partition coefficient (Wildman–Crippen LogP) is 11.0. The number of anilines is 6. The van der Waals surface area contributed by atoms with E-state index in [9.17, 15) is 0 Å². The molecule has 6 heterocycles. The van der Waals surface area contributed by atoms with Crippen molar-refractivity contribution in [3.8, 4) is 43.0 Å². The van der Waals surface area contributed by atoms with Gasteiger partial charge in [-0.05, 0) is 0 Å². The van der Waals surface area contributed by atoms with Crippen LogP contribution >= 0.6 is 11.7 Å². The number of rotatable bonds is 4. The van der Waals surface area contributed by atoms with E-state index in [1.165, 1.54) is 41.1 Å². The third-order valence-corrected chi connectivity index (χ3v) is 14.5. The topological polar surface area (TPSA) is 75.4 Å². The molecular formula is C38H20N6O2S2Se2. The zero-order valence-electron chi connectivity index (χ0n) is 25.7. The molecule has 0 saturated carbocycles. The van der Waals surface area contributed by atoms with Crippen LogP contribution in [0.4, 0.5) is 43.2 Å². The fraction of sp³-hybridized carbons (Fsp3) is 0. The van der Waals surface area contributed by atoms with Crippen LogP contribution in [0.15, 0.2) is 130 Å². The zero-order valence-corrected chi connectivity index (χ0v) is 30.7. The third kappa shape index (κ3) is 4.27. The van der Waals surface area contributed by atoms with E-state index in [0.717, 1.165) is 79.3 Å². The summed E-state index contributed by atoms with van der Waals surface area (Å²) < 4.78 is 37.1. The number of nitrogens with zero attached hydrogens (tertiary/aromatic N) is 6. The molecule has 0 N–H and O–H groups in total. The minimum absolute atomic E-state index is 0.0470. The molecule has 12 heteroatoms. The second-order valence-electron chi connectivity index (χ2n) is 11.7. The molecule has 3 aromatic heterocycles. The first-order chi connectivity index (χ1) is 24.8. The Bertz CT molecular complexity index is 2490. The molecule has 0 saturated heterocycles. The normalized spacial score (nSPS) is 13.5. The average molecular weight is 815 g/mol. The summed E-state index contributed by atoms with van der Waals surface area (Å²) in [7, 11) is 0. The van der Waals surface area contributed by atoms with Gasteiger partial charge < -0.3 is 0 Å². The zero-order chi connectivity index (χ0) is 32.8. The minimum atomic E-state index is -0.0470. The quantitative estimate of drug-likeness (QED) is 0.165. The van der Waals surface area contributed by atoms with E-state index in [2.05, 4.69) is 82.6 Å². The van der Waals surface area contributed by atoms with Gasteiger partial charge in [-0.25, -0.2) is 0 Å². The van der Waals surface area contributed by atoms with Crippen molar-refractivity contribution in [2.75, 3.05) is 9.80 Å². The second kappa shape index (κ2) is 11.2. The van der Waals surface area contributed by atoms with Crippen LogP contribution in [0.25, 0.3) is 31.0 Å². The van der Waals surface area contributed by atoms with E-state index in [4.69, 9.17) is 26.9 Å². The van der Waals surface area contributed by atoms with Crippen molar-refractivity contribution in [2.24, 2.45) is 8.73 Å². The number of hydrogen-bond donors (Lipinski definition) is 0. The standard InChI is InChI=1S/C38H20N6O2S2Se2/c1-5-13-25-21(9-1)43(22-10-2-6-14-26(22)45-25)31-19-17-29(49-31)33-35-37(41-47-39-35)34(38-36(33)40-48-42-38)30-18-20-32(50-30)44-23-11-3-7-15-27(23)46-28-16-8-4-12-24(28)44/h1-20H. The van der Waals surface area contributed by atoms with Gasteiger partial charge in [-0.1, -0.05) is 0 Å². The molecule has 0 atom stereocenters. The molecule has 0 fully saturated rings. The fourth-order valence-corrected chi connectivity index (χ4v) is 12.4. The molecule has 0 unspecified atom stereocenters. The summed E-state index contributed by atoms with van der Waals surface area (Å²) in [5, 5.41) is 0. The Kier molecular flexibility index (Phi) is 6.46. The van der Waals surface area contributed by atoms with Gasteiger partial charge >= 0.3 is 307 Å². The Labute approximate surface area is 305 Å². The van der Waals surface area contributed by atoms with Crippen LogP contribution < -0.4 is 19.3 Å². The van der Waals surface area contributed by atoms with Gasteiger partial charge in [0.15, 0.2) is 0 Å². The molecular weight excluding hydrogens is 795 g/mol. The summed E-state index contributed by atoms with van der Waals surface area (Å²) in [5.74, 6) is 3.39. The summed E-state index contributed by atoms with van der Waals surface area (Å²) >= 11 is 2.41. The van der Waals surface area contributed by atoms with E-state index in [-0.39, 0.29) is 29.0 Å². The number of ether oxygens (including phenoxy) is 2. The van der Waals surface area contributed by atoms with Gasteiger partial charge in [-0.2, -0.15) is 0 Å². The van der Waals surface area contributed by atoms with E-state index < -0.39 is 0 Å². The molecule has 0 amide bonds. The molecule has 11 rings (SSSR count). The van der Waals surface area contributed by atoms with Crippen molar-refractivity contribution >= 4 is 106 Å². The molecule has 3 aliphatic rings. The molecule has 0 radical (unpaired) electrons. The summed E-state index contributed by atoms with van der Waals surface area (Å²) in [6.07, 6.45) is 0. The van der Waals surface area contributed by atoms with Crippen LogP contribution in [0.3, 0.4) is 0 Å². The SMILES string of the molecule is c1ccc2c(c1)Oc1ccccc1N2c1ccc(-c2c3c(c(-c4ccc(N5c6ccccc6Oc6ccccc65)[se]4)c4nsnc24)N=S=N3)[se]1. The van der Waals surface area contributed by atoms with E-state index in [1.807, 2.05) is 48.5 Å². The van der Waals surface area contributed by atoms with Crippen molar-refractivity contribution in [1.82, 2.24) is 8.75 Å². The van der Waals surface area contributed by atoms with Crippen LogP contribution in [0.1, 0.15) is 0 Å². The van der Waals surface area contributed by atoms with Crippen molar-refractivity contribution < 1.29 is 9.47 Å². The monoisotopic (exact) mass is 816 g/mol. The van der Waals surface area contributed by atoms with E-state index >= 15 is 0 Å². The van der Waals surface area contributed by atoms with Crippen LogP contribution in [0.5, 0.6) is 23.0 Å². The number of fused-ring (bicyclic) bond motifs is 6. The van der Waals surface area contributed by atoms with Gasteiger partial charge in [0.05, 0.1) is 0 Å². The summed E-state index contributed by atoms with van der Waals surface area (Å²) in [6, 6.07) is 41.8. The molecule has 3 aliphatic heterocycles. The maximum absolute atomic E-state index is 6.29. The van der Waals surface area contributed by atoms with Crippen molar-refractivity contribution in [2.45, 2.75) is 0 Å². The maximum atomic E-state index is 6.29. The van der Waals surface area contributed by atoms with Crippen molar-refractivity contribution in [1.29, 1.82) is 0 Å². The predicted molar refractivity (Wildman–Crippen MR) is 203 cm³/mol. The van der Waals surface area contributed by atoms with E-state index in [0.29, 0.717) is 0 Å². The van der Waals surface area contributed by atoms with Gasteiger partial charge in [0.1, 0.15) is 0 Å². The first kappa shape index (κ1) is 28.7. The Morgan fingerprint density at radius 2 is 0.840 bits per heavy atom. The van der Waals surface area contributed by atoms with Crippen LogP contribution in [-0.4, -0.2) is 37.8 Å². The Hall–Kier alpha value is -5.06. The molecule has 0 bridgehead atoms. The van der Waals surface area contributed by atoms with Gasteiger partial charge in [0, 0.05) is 0 Å². The molecule has 8 aromatic rings. The summed E-state index contributed by atoms with van der Waals surface area (Å²) in [5.41, 5.74) is 9.79.